The molecule has 23 heavy (non-hydrogen) atoms. The van der Waals surface area contributed by atoms with Gasteiger partial charge in [-0.25, -0.2) is 14.8 Å². The second-order valence-corrected chi connectivity index (χ2v) is 5.10. The molecule has 0 bridgehead atoms. The number of aromatic nitrogens is 3. The van der Waals surface area contributed by atoms with E-state index < -0.39 is 0 Å². The van der Waals surface area contributed by atoms with E-state index in [0.29, 0.717) is 49.5 Å². The highest BCUT2D eigenvalue weighted by atomic mass is 16.6. The molecule has 8 nitrogen and oxygen atoms in total. The summed E-state index contributed by atoms with van der Waals surface area (Å²) in [5.41, 5.74) is 1.57. The van der Waals surface area contributed by atoms with Gasteiger partial charge in [0.2, 0.25) is 0 Å². The highest BCUT2D eigenvalue weighted by molar-refractivity contribution is 5.96. The Kier molecular flexibility index (Phi) is 4.31. The predicted octanol–water partition coefficient (Wildman–Crippen LogP) is 0.939. The lowest BCUT2D eigenvalue weighted by molar-refractivity contribution is 0.0570. The molecule has 1 saturated heterocycles. The van der Waals surface area contributed by atoms with Gasteiger partial charge in [0.15, 0.2) is 5.65 Å². The summed E-state index contributed by atoms with van der Waals surface area (Å²) in [6.07, 6.45) is 4.31. The molecule has 2 amide bonds. The maximum absolute atomic E-state index is 12.5. The lowest BCUT2D eigenvalue weighted by Crippen LogP contribution is -2.50. The van der Waals surface area contributed by atoms with Crippen molar-refractivity contribution in [1.82, 2.24) is 24.8 Å². The number of fused-ring (bicyclic) bond motifs is 1. The molecule has 0 atom stereocenters. The first kappa shape index (κ1) is 15.1. The molecule has 0 saturated carbocycles. The van der Waals surface area contributed by atoms with Gasteiger partial charge in [-0.05, 0) is 13.0 Å². The highest BCUT2D eigenvalue weighted by Gasteiger charge is 2.25. The first-order valence-electron chi connectivity index (χ1n) is 7.47. The van der Waals surface area contributed by atoms with Gasteiger partial charge in [-0.15, -0.1) is 0 Å². The highest BCUT2D eigenvalue weighted by Crippen LogP contribution is 2.12. The first-order chi connectivity index (χ1) is 11.2. The number of nitrogens with zero attached hydrogens (tertiary/aromatic N) is 5. The van der Waals surface area contributed by atoms with Crippen molar-refractivity contribution >= 4 is 23.2 Å². The number of hydrogen-bond acceptors (Lipinski definition) is 6. The maximum atomic E-state index is 12.5. The lowest BCUT2D eigenvalue weighted by Gasteiger charge is -2.34. The van der Waals surface area contributed by atoms with Crippen molar-refractivity contribution in [3.8, 4) is 0 Å². The maximum Gasteiger partial charge on any atom is 0.409 e. The van der Waals surface area contributed by atoms with Crippen molar-refractivity contribution < 1.29 is 14.3 Å². The number of ether oxygens (including phenoxy) is 1. The minimum atomic E-state index is -0.331. The quantitative estimate of drug-likeness (QED) is 0.819. The van der Waals surface area contributed by atoms with E-state index in [9.17, 15) is 9.59 Å². The fraction of sp³-hybridized carbons (Fsp3) is 0.400. The van der Waals surface area contributed by atoms with Crippen molar-refractivity contribution in [1.29, 1.82) is 0 Å². The summed E-state index contributed by atoms with van der Waals surface area (Å²) in [7, 11) is 0. The minimum absolute atomic E-state index is 0.117. The van der Waals surface area contributed by atoms with Crippen molar-refractivity contribution in [2.45, 2.75) is 6.92 Å². The van der Waals surface area contributed by atoms with Gasteiger partial charge in [0.25, 0.3) is 5.91 Å². The standard InChI is InChI=1S/C15H17N5O3/c1-2-23-15(22)20-7-5-19(6-8-20)14(21)11-9-12-13(18-10-11)17-4-3-16-12/h3-4,9-10H,2,5-8H2,1H3. The molecule has 3 heterocycles. The normalized spacial score (nSPS) is 14.8. The lowest BCUT2D eigenvalue weighted by atomic mass is 10.2. The van der Waals surface area contributed by atoms with Gasteiger partial charge in [-0.1, -0.05) is 0 Å². The molecule has 1 fully saturated rings. The van der Waals surface area contributed by atoms with Crippen LogP contribution in [-0.2, 0) is 4.74 Å². The van der Waals surface area contributed by atoms with E-state index in [4.69, 9.17) is 4.74 Å². The summed E-state index contributed by atoms with van der Waals surface area (Å²) in [5.74, 6) is -0.117. The molecule has 0 spiro atoms. The summed E-state index contributed by atoms with van der Waals surface area (Å²) in [6.45, 7) is 3.98. The molecule has 120 valence electrons. The van der Waals surface area contributed by atoms with E-state index in [1.54, 1.807) is 35.2 Å². The van der Waals surface area contributed by atoms with Gasteiger partial charge < -0.3 is 14.5 Å². The molecule has 2 aromatic rings. The van der Waals surface area contributed by atoms with E-state index in [2.05, 4.69) is 15.0 Å². The Morgan fingerprint density at radius 2 is 1.78 bits per heavy atom. The van der Waals surface area contributed by atoms with Crippen molar-refractivity contribution in [2.24, 2.45) is 0 Å². The van der Waals surface area contributed by atoms with Crippen LogP contribution in [0, 0.1) is 0 Å². The molecule has 8 heteroatoms. The van der Waals surface area contributed by atoms with E-state index in [1.807, 2.05) is 0 Å². The van der Waals surface area contributed by atoms with Crippen molar-refractivity contribution in [3.05, 3.63) is 30.2 Å². The minimum Gasteiger partial charge on any atom is -0.450 e. The van der Waals surface area contributed by atoms with Gasteiger partial charge in [0.05, 0.1) is 12.2 Å². The zero-order valence-electron chi connectivity index (χ0n) is 12.8. The molecule has 0 unspecified atom stereocenters. The third-order valence-corrected chi connectivity index (χ3v) is 3.66. The Labute approximate surface area is 133 Å². The smallest absolute Gasteiger partial charge is 0.409 e. The SMILES string of the molecule is CCOC(=O)N1CCN(C(=O)c2cnc3nccnc3c2)CC1. The van der Waals surface area contributed by atoms with E-state index in [1.165, 1.54) is 6.20 Å². The average molecular weight is 315 g/mol. The largest absolute Gasteiger partial charge is 0.450 e. The summed E-state index contributed by atoms with van der Waals surface area (Å²) < 4.78 is 4.97. The second kappa shape index (κ2) is 6.55. The first-order valence-corrected chi connectivity index (χ1v) is 7.47. The Balaban J connectivity index is 1.67. The summed E-state index contributed by atoms with van der Waals surface area (Å²) >= 11 is 0. The Morgan fingerprint density at radius 3 is 2.52 bits per heavy atom. The number of pyridine rings is 1. The van der Waals surface area contributed by atoms with E-state index in [0.717, 1.165) is 0 Å². The number of carbonyl (C=O) groups is 2. The molecule has 1 aliphatic heterocycles. The van der Waals surface area contributed by atoms with Crippen LogP contribution in [-0.4, -0.2) is 69.5 Å². The number of piperazine rings is 1. The van der Waals surface area contributed by atoms with Crippen LogP contribution in [0.3, 0.4) is 0 Å². The van der Waals surface area contributed by atoms with Gasteiger partial charge in [0.1, 0.15) is 5.52 Å². The third-order valence-electron chi connectivity index (χ3n) is 3.66. The Morgan fingerprint density at radius 1 is 1.09 bits per heavy atom. The van der Waals surface area contributed by atoms with Crippen LogP contribution in [0.2, 0.25) is 0 Å². The van der Waals surface area contributed by atoms with Gasteiger partial charge in [-0.3, -0.25) is 9.78 Å². The molecule has 0 radical (unpaired) electrons. The van der Waals surface area contributed by atoms with Gasteiger partial charge in [0, 0.05) is 44.8 Å². The molecule has 2 aromatic heterocycles. The van der Waals surface area contributed by atoms with Crippen molar-refractivity contribution in [3.63, 3.8) is 0 Å². The van der Waals surface area contributed by atoms with E-state index in [-0.39, 0.29) is 12.0 Å². The summed E-state index contributed by atoms with van der Waals surface area (Å²) in [4.78, 5) is 39.9. The monoisotopic (exact) mass is 315 g/mol. The molecular weight excluding hydrogens is 298 g/mol. The van der Waals surface area contributed by atoms with Crippen LogP contribution in [0.4, 0.5) is 4.79 Å². The molecule has 0 aromatic carbocycles. The van der Waals surface area contributed by atoms with Crippen molar-refractivity contribution in [2.75, 3.05) is 32.8 Å². The fourth-order valence-electron chi connectivity index (χ4n) is 2.46. The average Bonchev–Trinajstić information content (AvgIpc) is 2.61. The summed E-state index contributed by atoms with van der Waals surface area (Å²) in [5, 5.41) is 0. The zero-order valence-corrected chi connectivity index (χ0v) is 12.8. The molecule has 0 N–H and O–H groups in total. The van der Waals surface area contributed by atoms with Crippen LogP contribution >= 0.6 is 0 Å². The number of rotatable bonds is 2. The molecule has 0 aliphatic carbocycles. The fourth-order valence-corrected chi connectivity index (χ4v) is 2.46. The topological polar surface area (TPSA) is 88.5 Å². The molecular formula is C15H17N5O3. The number of amides is 2. The van der Waals surface area contributed by atoms with Gasteiger partial charge in [-0.2, -0.15) is 0 Å². The number of hydrogen-bond donors (Lipinski definition) is 0. The van der Waals surface area contributed by atoms with Crippen LogP contribution in [0.15, 0.2) is 24.7 Å². The van der Waals surface area contributed by atoms with Crippen LogP contribution in [0.5, 0.6) is 0 Å². The van der Waals surface area contributed by atoms with Gasteiger partial charge >= 0.3 is 6.09 Å². The Hall–Kier alpha value is -2.77. The van der Waals surface area contributed by atoms with Crippen LogP contribution in [0.1, 0.15) is 17.3 Å². The number of carbonyl (C=O) groups excluding carboxylic acids is 2. The van der Waals surface area contributed by atoms with Crippen LogP contribution < -0.4 is 0 Å². The predicted molar refractivity (Wildman–Crippen MR) is 81.8 cm³/mol. The molecule has 3 rings (SSSR count). The van der Waals surface area contributed by atoms with Crippen LogP contribution in [0.25, 0.3) is 11.2 Å². The molecule has 1 aliphatic rings. The Bertz CT molecular complexity index is 728. The third kappa shape index (κ3) is 3.20. The second-order valence-electron chi connectivity index (χ2n) is 5.10. The zero-order chi connectivity index (χ0) is 16.2. The summed E-state index contributed by atoms with van der Waals surface area (Å²) in [6, 6.07) is 1.69. The van der Waals surface area contributed by atoms with E-state index >= 15 is 0 Å².